The van der Waals surface area contributed by atoms with E-state index in [0.717, 1.165) is 31.7 Å². The molecule has 1 N–H and O–H groups in total. The number of rotatable bonds is 1. The largest absolute Gasteiger partial charge is 0.370 e. The predicted octanol–water partition coefficient (Wildman–Crippen LogP) is 1.82. The highest BCUT2D eigenvalue weighted by Crippen LogP contribution is 2.26. The molecule has 0 aliphatic carbocycles. The van der Waals surface area contributed by atoms with E-state index in [4.69, 9.17) is 4.98 Å². The van der Waals surface area contributed by atoms with Gasteiger partial charge in [0.1, 0.15) is 5.82 Å². The number of hydrogen-bond donors (Lipinski definition) is 1. The van der Waals surface area contributed by atoms with Gasteiger partial charge in [0, 0.05) is 25.7 Å². The van der Waals surface area contributed by atoms with Gasteiger partial charge in [0.05, 0.1) is 5.69 Å². The van der Waals surface area contributed by atoms with Gasteiger partial charge in [0.15, 0.2) is 0 Å². The number of hydrogen-bond acceptors (Lipinski definition) is 3. The summed E-state index contributed by atoms with van der Waals surface area (Å²) in [6.45, 7) is 7.77. The van der Waals surface area contributed by atoms with E-state index in [1.54, 1.807) is 0 Å². The summed E-state index contributed by atoms with van der Waals surface area (Å²) in [5.74, 6) is 1.13. The van der Waals surface area contributed by atoms with Crippen LogP contribution in [0.4, 0.5) is 5.82 Å². The van der Waals surface area contributed by atoms with E-state index >= 15 is 0 Å². The van der Waals surface area contributed by atoms with Crippen molar-refractivity contribution in [2.45, 2.75) is 39.3 Å². The zero-order valence-electron chi connectivity index (χ0n) is 10.1. The van der Waals surface area contributed by atoms with Crippen LogP contribution in [0.5, 0.6) is 0 Å². The molecule has 3 rings (SSSR count). The number of fused-ring (bicyclic) bond motifs is 2. The van der Waals surface area contributed by atoms with E-state index < -0.39 is 0 Å². The number of nitrogens with zero attached hydrogens (tertiary/aromatic N) is 2. The van der Waals surface area contributed by atoms with Crippen LogP contribution in [-0.2, 0) is 19.4 Å². The lowest BCUT2D eigenvalue weighted by Gasteiger charge is -2.31. The monoisotopic (exact) mass is 217 g/mol. The maximum absolute atomic E-state index is 4.77. The van der Waals surface area contributed by atoms with Gasteiger partial charge in [-0.2, -0.15) is 0 Å². The summed E-state index contributed by atoms with van der Waals surface area (Å²) in [7, 11) is 0. The van der Waals surface area contributed by atoms with Crippen molar-refractivity contribution >= 4 is 5.82 Å². The minimum Gasteiger partial charge on any atom is -0.370 e. The molecule has 0 fully saturated rings. The minimum atomic E-state index is 0.621. The van der Waals surface area contributed by atoms with E-state index in [1.807, 2.05) is 0 Å². The maximum atomic E-state index is 4.77. The van der Waals surface area contributed by atoms with Crippen molar-refractivity contribution in [3.05, 3.63) is 22.9 Å². The zero-order chi connectivity index (χ0) is 11.1. The number of aromatic nitrogens is 1. The van der Waals surface area contributed by atoms with Gasteiger partial charge in [0.25, 0.3) is 0 Å². The molecule has 1 aromatic heterocycles. The predicted molar refractivity (Wildman–Crippen MR) is 65.7 cm³/mol. The topological polar surface area (TPSA) is 28.2 Å². The lowest BCUT2D eigenvalue weighted by Crippen LogP contribution is -2.36. The lowest BCUT2D eigenvalue weighted by atomic mass is 10.0. The van der Waals surface area contributed by atoms with Crippen LogP contribution in [0.25, 0.3) is 0 Å². The molecule has 2 aliphatic rings. The second-order valence-electron chi connectivity index (χ2n) is 5.09. The Kier molecular flexibility index (Phi) is 2.36. The molecule has 0 unspecified atom stereocenters. The molecule has 3 heterocycles. The van der Waals surface area contributed by atoms with Gasteiger partial charge in [-0.1, -0.05) is 6.07 Å². The van der Waals surface area contributed by atoms with Crippen LogP contribution < -0.4 is 5.32 Å². The summed E-state index contributed by atoms with van der Waals surface area (Å²) in [5.41, 5.74) is 4.17. The number of nitrogens with one attached hydrogen (secondary N) is 1. The highest BCUT2D eigenvalue weighted by Gasteiger charge is 2.22. The molecule has 3 nitrogen and oxygen atoms in total. The third-order valence-corrected chi connectivity index (χ3v) is 3.71. The molecule has 16 heavy (non-hydrogen) atoms. The molecular weight excluding hydrogens is 198 g/mol. The van der Waals surface area contributed by atoms with Gasteiger partial charge in [0.2, 0.25) is 0 Å². The van der Waals surface area contributed by atoms with Gasteiger partial charge in [-0.25, -0.2) is 4.98 Å². The average molecular weight is 217 g/mol. The zero-order valence-corrected chi connectivity index (χ0v) is 10.1. The summed E-state index contributed by atoms with van der Waals surface area (Å²) in [4.78, 5) is 7.27. The summed E-state index contributed by atoms with van der Waals surface area (Å²) >= 11 is 0. The van der Waals surface area contributed by atoms with Crippen molar-refractivity contribution in [2.24, 2.45) is 0 Å². The quantitative estimate of drug-likeness (QED) is 0.777. The Bertz CT molecular complexity index is 412. The Balaban J connectivity index is 1.93. The first-order chi connectivity index (χ1) is 7.74. The second-order valence-corrected chi connectivity index (χ2v) is 5.09. The summed E-state index contributed by atoms with van der Waals surface area (Å²) in [6.07, 6.45) is 2.30. The van der Waals surface area contributed by atoms with Gasteiger partial charge in [-0.3, -0.25) is 4.90 Å². The molecule has 1 aromatic rings. The highest BCUT2D eigenvalue weighted by molar-refractivity contribution is 5.52. The molecule has 2 aliphatic heterocycles. The molecule has 0 amide bonds. The molecule has 0 radical (unpaired) electrons. The van der Waals surface area contributed by atoms with Gasteiger partial charge < -0.3 is 5.32 Å². The van der Waals surface area contributed by atoms with Crippen LogP contribution in [0.1, 0.15) is 30.7 Å². The van der Waals surface area contributed by atoms with Crippen molar-refractivity contribution in [3.8, 4) is 0 Å². The van der Waals surface area contributed by atoms with Crippen molar-refractivity contribution in [1.29, 1.82) is 0 Å². The molecule has 0 atom stereocenters. The summed E-state index contributed by atoms with van der Waals surface area (Å²) in [5, 5.41) is 3.36. The SMILES string of the molecule is CC(C)N1CCc2cc3c(nc2C1)NCC3. The van der Waals surface area contributed by atoms with E-state index in [2.05, 4.69) is 30.1 Å². The van der Waals surface area contributed by atoms with Crippen molar-refractivity contribution in [3.63, 3.8) is 0 Å². The fraction of sp³-hybridized carbons (Fsp3) is 0.615. The van der Waals surface area contributed by atoms with Crippen LogP contribution >= 0.6 is 0 Å². The van der Waals surface area contributed by atoms with E-state index in [-0.39, 0.29) is 0 Å². The summed E-state index contributed by atoms with van der Waals surface area (Å²) < 4.78 is 0. The molecule has 0 bridgehead atoms. The Morgan fingerprint density at radius 3 is 3.00 bits per heavy atom. The van der Waals surface area contributed by atoms with Crippen LogP contribution in [0, 0.1) is 0 Å². The molecular formula is C13H19N3. The Hall–Kier alpha value is -1.09. The van der Waals surface area contributed by atoms with Crippen molar-refractivity contribution in [2.75, 3.05) is 18.4 Å². The minimum absolute atomic E-state index is 0.621. The fourth-order valence-corrected chi connectivity index (χ4v) is 2.63. The number of anilines is 1. The Morgan fingerprint density at radius 1 is 1.31 bits per heavy atom. The van der Waals surface area contributed by atoms with Gasteiger partial charge >= 0.3 is 0 Å². The van der Waals surface area contributed by atoms with E-state index in [9.17, 15) is 0 Å². The number of pyridine rings is 1. The van der Waals surface area contributed by atoms with Crippen molar-refractivity contribution < 1.29 is 0 Å². The van der Waals surface area contributed by atoms with E-state index in [0.29, 0.717) is 6.04 Å². The third kappa shape index (κ3) is 1.59. The van der Waals surface area contributed by atoms with Gasteiger partial charge in [-0.15, -0.1) is 0 Å². The third-order valence-electron chi connectivity index (χ3n) is 3.71. The molecule has 0 spiro atoms. The van der Waals surface area contributed by atoms with Crippen LogP contribution in [0.3, 0.4) is 0 Å². The highest BCUT2D eigenvalue weighted by atomic mass is 15.2. The smallest absolute Gasteiger partial charge is 0.129 e. The standard InChI is InChI=1S/C13H19N3/c1-9(2)16-6-4-10-7-11-3-5-14-13(11)15-12(10)8-16/h7,9H,3-6,8H2,1-2H3,(H,14,15). The fourth-order valence-electron chi connectivity index (χ4n) is 2.63. The van der Waals surface area contributed by atoms with E-state index in [1.165, 1.54) is 23.4 Å². The Morgan fingerprint density at radius 2 is 2.19 bits per heavy atom. The average Bonchev–Trinajstić information content (AvgIpc) is 2.71. The molecule has 86 valence electrons. The Labute approximate surface area is 96.9 Å². The van der Waals surface area contributed by atoms with Crippen LogP contribution in [0.2, 0.25) is 0 Å². The van der Waals surface area contributed by atoms with Gasteiger partial charge in [-0.05, 0) is 37.8 Å². The van der Waals surface area contributed by atoms with Crippen LogP contribution in [0.15, 0.2) is 6.07 Å². The molecule has 0 saturated carbocycles. The summed E-state index contributed by atoms with van der Waals surface area (Å²) in [6, 6.07) is 2.99. The molecule has 0 saturated heterocycles. The first-order valence-electron chi connectivity index (χ1n) is 6.23. The molecule has 3 heteroatoms. The first-order valence-corrected chi connectivity index (χ1v) is 6.23. The lowest BCUT2D eigenvalue weighted by molar-refractivity contribution is 0.200. The normalized spacial score (nSPS) is 19.4. The van der Waals surface area contributed by atoms with Crippen LogP contribution in [-0.4, -0.2) is 29.0 Å². The van der Waals surface area contributed by atoms with Crippen molar-refractivity contribution in [1.82, 2.24) is 9.88 Å². The second kappa shape index (κ2) is 3.74. The molecule has 0 aromatic carbocycles. The first kappa shape index (κ1) is 10.1. The maximum Gasteiger partial charge on any atom is 0.129 e.